The van der Waals surface area contributed by atoms with Gasteiger partial charge in [0.25, 0.3) is 5.91 Å². The highest BCUT2D eigenvalue weighted by molar-refractivity contribution is 14.1. The highest BCUT2D eigenvalue weighted by atomic mass is 127. The fourth-order valence-corrected chi connectivity index (χ4v) is 4.22. The van der Waals surface area contributed by atoms with Crippen LogP contribution in [0.5, 0.6) is 11.5 Å². The smallest absolute Gasteiger partial charge is 0.256 e. The molecule has 1 N–H and O–H groups in total. The second-order valence-electron chi connectivity index (χ2n) is 7.85. The van der Waals surface area contributed by atoms with Crippen molar-refractivity contribution < 1.29 is 36.3 Å². The van der Waals surface area contributed by atoms with E-state index in [4.69, 9.17) is 31.5 Å². The largest absolute Gasteiger partial charge is 0.493 e. The third-order valence-electron chi connectivity index (χ3n) is 5.52. The first-order chi connectivity index (χ1) is 16.6. The summed E-state index contributed by atoms with van der Waals surface area (Å²) in [6.07, 6.45) is 0.259. The molecule has 2 atom stereocenters. The number of methoxy groups -OCH3 is 2. The second-order valence-corrected chi connectivity index (χ2v) is 8.29. The lowest BCUT2D eigenvalue weighted by atomic mass is 10.1. The van der Waals surface area contributed by atoms with Crippen LogP contribution < -0.4 is 13.1 Å². The Bertz CT molecular complexity index is 824. The molecule has 0 aromatic heterocycles. The molecule has 2 heterocycles. The predicted molar refractivity (Wildman–Crippen MR) is 134 cm³/mol. The van der Waals surface area contributed by atoms with Crippen molar-refractivity contribution in [2.24, 2.45) is 0 Å². The summed E-state index contributed by atoms with van der Waals surface area (Å²) in [6, 6.07) is 3.30. The maximum Gasteiger partial charge on any atom is 0.256 e. The molecule has 0 radical (unpaired) electrons. The Labute approximate surface area is 214 Å². The molecule has 2 aliphatic heterocycles. The first-order valence-corrected chi connectivity index (χ1v) is 12.1. The van der Waals surface area contributed by atoms with Gasteiger partial charge in [-0.2, -0.15) is 0 Å². The van der Waals surface area contributed by atoms with E-state index in [1.54, 1.807) is 54.3 Å². The van der Waals surface area contributed by atoms with E-state index in [-0.39, 0.29) is 11.9 Å². The van der Waals surface area contributed by atoms with Crippen LogP contribution in [-0.4, -0.2) is 96.7 Å². The zero-order chi connectivity index (χ0) is 24.3. The molecule has 0 saturated carbocycles. The number of nitrogens with one attached hydrogen (secondary N) is 1. The Morgan fingerprint density at radius 3 is 2.26 bits per heavy atom. The molecule has 2 aliphatic rings. The molecule has 1 fully saturated rings. The van der Waals surface area contributed by atoms with Gasteiger partial charge in [0.1, 0.15) is 6.23 Å². The van der Waals surface area contributed by atoms with Gasteiger partial charge < -0.3 is 41.7 Å². The number of ether oxygens (including phenoxy) is 6. The van der Waals surface area contributed by atoms with E-state index in [9.17, 15) is 4.79 Å². The zero-order valence-corrected chi connectivity index (χ0v) is 21.8. The van der Waals surface area contributed by atoms with Crippen molar-refractivity contribution in [1.82, 2.24) is 4.90 Å². The van der Waals surface area contributed by atoms with E-state index in [1.165, 1.54) is 0 Å². The van der Waals surface area contributed by atoms with Crippen molar-refractivity contribution in [3.8, 4) is 11.5 Å². The number of rotatable bonds is 15. The molecule has 34 heavy (non-hydrogen) atoms. The van der Waals surface area contributed by atoms with Crippen molar-refractivity contribution in [1.29, 1.82) is 0 Å². The van der Waals surface area contributed by atoms with Crippen molar-refractivity contribution in [3.05, 3.63) is 29.8 Å². The lowest BCUT2D eigenvalue weighted by Crippen LogP contribution is -2.45. The minimum atomic E-state index is -0.413. The van der Waals surface area contributed by atoms with Gasteiger partial charge in [-0.3, -0.25) is 4.79 Å². The summed E-state index contributed by atoms with van der Waals surface area (Å²) in [5.74, 6) is 0.935. The molecule has 3 rings (SSSR count). The van der Waals surface area contributed by atoms with Crippen molar-refractivity contribution in [3.63, 3.8) is 0 Å². The van der Waals surface area contributed by atoms with Crippen LogP contribution in [0, 0.1) is 0 Å². The van der Waals surface area contributed by atoms with E-state index in [1.807, 2.05) is 0 Å². The van der Waals surface area contributed by atoms with Gasteiger partial charge in [-0.1, -0.05) is 12.2 Å². The number of carbonyl (C=O) groups excluding carboxylic acids is 1. The molecule has 0 unspecified atom stereocenters. The van der Waals surface area contributed by atoms with E-state index < -0.39 is 6.23 Å². The average molecular weight is 592 g/mol. The highest BCUT2D eigenvalue weighted by Crippen LogP contribution is 2.39. The van der Waals surface area contributed by atoms with E-state index in [0.29, 0.717) is 88.6 Å². The number of anilines is 1. The number of fused-ring (bicyclic) bond motifs is 2. The van der Waals surface area contributed by atoms with E-state index in [0.717, 1.165) is 5.57 Å². The first kappa shape index (κ1) is 27.0. The minimum Gasteiger partial charge on any atom is -0.493 e. The van der Waals surface area contributed by atoms with Gasteiger partial charge in [-0.25, -0.2) is 0 Å². The number of hydrogen-bond donors (Lipinski definition) is 1. The Kier molecular flexibility index (Phi) is 11.1. The molecular formula is C23H33IN2O8. The quantitative estimate of drug-likeness (QED) is 0.187. The molecule has 1 aromatic carbocycles. The van der Waals surface area contributed by atoms with Crippen LogP contribution in [0.15, 0.2) is 24.3 Å². The maximum absolute atomic E-state index is 13.3. The average Bonchev–Trinajstić information content (AvgIpc) is 3.20. The van der Waals surface area contributed by atoms with Crippen LogP contribution in [0.3, 0.4) is 0 Å². The van der Waals surface area contributed by atoms with Gasteiger partial charge in [0.2, 0.25) is 0 Å². The lowest BCUT2D eigenvalue weighted by Gasteiger charge is -2.29. The molecule has 0 bridgehead atoms. The zero-order valence-electron chi connectivity index (χ0n) is 19.7. The summed E-state index contributed by atoms with van der Waals surface area (Å²) in [6.45, 7) is 8.48. The van der Waals surface area contributed by atoms with Gasteiger partial charge in [-0.05, 0) is 12.5 Å². The number of amides is 1. The Morgan fingerprint density at radius 2 is 1.65 bits per heavy atom. The van der Waals surface area contributed by atoms with Crippen LogP contribution in [0.1, 0.15) is 16.8 Å². The molecule has 1 saturated heterocycles. The molecular weight excluding hydrogens is 559 g/mol. The lowest BCUT2D eigenvalue weighted by molar-refractivity contribution is -0.0289. The fourth-order valence-electron chi connectivity index (χ4n) is 3.87. The van der Waals surface area contributed by atoms with Gasteiger partial charge in [0.15, 0.2) is 34.5 Å². The number of benzene rings is 1. The number of carbonyl (C=O) groups is 1. The third-order valence-corrected chi connectivity index (χ3v) is 5.99. The van der Waals surface area contributed by atoms with Crippen LogP contribution in [0.4, 0.5) is 5.69 Å². The second kappa shape index (κ2) is 14.0. The van der Waals surface area contributed by atoms with Crippen molar-refractivity contribution in [2.75, 3.05) is 78.9 Å². The molecule has 1 aromatic rings. The van der Waals surface area contributed by atoms with Crippen LogP contribution in [0.2, 0.25) is 0 Å². The van der Waals surface area contributed by atoms with E-state index in [2.05, 4.69) is 11.9 Å². The van der Waals surface area contributed by atoms with Gasteiger partial charge in [0, 0.05) is 19.7 Å². The first-order valence-electron chi connectivity index (χ1n) is 11.2. The SMILES string of the molecule is C=C1C[C@H]2[C@H](OCCOCCOCCOCCOC)Nc3cc(OI)c(OC)cc3C(=O)N2C1. The summed E-state index contributed by atoms with van der Waals surface area (Å²) < 4.78 is 38.2. The normalized spacial score (nSPS) is 19.4. The van der Waals surface area contributed by atoms with Gasteiger partial charge >= 0.3 is 0 Å². The third kappa shape index (κ3) is 7.18. The molecule has 0 spiro atoms. The molecule has 0 aliphatic carbocycles. The molecule has 10 nitrogen and oxygen atoms in total. The molecule has 1 amide bonds. The molecule has 11 heteroatoms. The van der Waals surface area contributed by atoms with Gasteiger partial charge in [-0.15, -0.1) is 0 Å². The summed E-state index contributed by atoms with van der Waals surface area (Å²) in [5, 5.41) is 3.38. The summed E-state index contributed by atoms with van der Waals surface area (Å²) >= 11 is 1.79. The highest BCUT2D eigenvalue weighted by Gasteiger charge is 2.41. The standard InChI is InChI=1S/C23H33IN2O8/c1-16-12-19-22(33-11-10-32-9-8-31-7-6-30-5-4-28-2)25-18-14-21(34-24)20(29-3)13-17(18)23(27)26(19)15-16/h13-14,19,22,25H,1,4-12,15H2,2-3H3/t19-,22-/m0/s1. The Hall–Kier alpha value is -1.64. The van der Waals surface area contributed by atoms with E-state index >= 15 is 0 Å². The number of hydrogen-bond acceptors (Lipinski definition) is 9. The summed E-state index contributed by atoms with van der Waals surface area (Å²) in [5.41, 5.74) is 2.15. The summed E-state index contributed by atoms with van der Waals surface area (Å²) in [4.78, 5) is 15.1. The van der Waals surface area contributed by atoms with Crippen LogP contribution >= 0.6 is 23.0 Å². The van der Waals surface area contributed by atoms with Gasteiger partial charge in [0.05, 0.1) is 77.3 Å². The fraction of sp³-hybridized carbons (Fsp3) is 0.609. The Morgan fingerprint density at radius 1 is 1.00 bits per heavy atom. The Balaban J connectivity index is 1.49. The van der Waals surface area contributed by atoms with Crippen molar-refractivity contribution in [2.45, 2.75) is 18.7 Å². The predicted octanol–water partition coefficient (Wildman–Crippen LogP) is 2.66. The summed E-state index contributed by atoms with van der Waals surface area (Å²) in [7, 11) is 3.18. The monoisotopic (exact) mass is 592 g/mol. The topological polar surface area (TPSA) is 97.0 Å². The van der Waals surface area contributed by atoms with Crippen molar-refractivity contribution >= 4 is 34.6 Å². The van der Waals surface area contributed by atoms with Crippen LogP contribution in [0.25, 0.3) is 0 Å². The van der Waals surface area contributed by atoms with Crippen LogP contribution in [-0.2, 0) is 23.7 Å². The number of halogens is 1. The minimum absolute atomic E-state index is 0.0878. The number of nitrogens with zero attached hydrogens (tertiary/aromatic N) is 1. The maximum atomic E-state index is 13.3. The molecule has 190 valence electrons.